The van der Waals surface area contributed by atoms with Crippen LogP contribution in [0, 0.1) is 0 Å². The van der Waals surface area contributed by atoms with Gasteiger partial charge in [0.1, 0.15) is 12.9 Å². The van der Waals surface area contributed by atoms with Crippen LogP contribution >= 0.6 is 0 Å². The molecule has 0 amide bonds. The molecule has 0 aromatic heterocycles. The molecule has 0 heterocycles. The average Bonchev–Trinajstić information content (AvgIpc) is 2.00. The average molecular weight is 173 g/mol. The summed E-state index contributed by atoms with van der Waals surface area (Å²) in [6.07, 6.45) is 0.299. The third-order valence-corrected chi connectivity index (χ3v) is 1.15. The normalized spacial score (nSPS) is 11.4. The third-order valence-electron chi connectivity index (χ3n) is 1.15. The van der Waals surface area contributed by atoms with Gasteiger partial charge in [0.05, 0.1) is 18.7 Å². The summed E-state index contributed by atoms with van der Waals surface area (Å²) in [5.41, 5.74) is 0.631. The number of oxime groups is 1. The Bertz CT molecular complexity index is 166. The maximum Gasteiger partial charge on any atom is 0.135 e. The first-order valence-corrected chi connectivity index (χ1v) is 3.86. The van der Waals surface area contributed by atoms with E-state index in [9.17, 15) is 4.79 Å². The molecule has 4 nitrogen and oxygen atoms in total. The van der Waals surface area contributed by atoms with Gasteiger partial charge in [-0.3, -0.25) is 4.79 Å². The van der Waals surface area contributed by atoms with E-state index in [0.717, 1.165) is 0 Å². The van der Waals surface area contributed by atoms with Crippen molar-refractivity contribution in [1.29, 1.82) is 0 Å². The van der Waals surface area contributed by atoms with Gasteiger partial charge >= 0.3 is 0 Å². The molecule has 0 aliphatic rings. The fourth-order valence-electron chi connectivity index (χ4n) is 0.746. The van der Waals surface area contributed by atoms with E-state index in [2.05, 4.69) is 9.99 Å². The molecule has 0 aromatic carbocycles. The minimum absolute atomic E-state index is 0.0607. The Morgan fingerprint density at radius 3 is 2.58 bits per heavy atom. The number of hydrogen-bond acceptors (Lipinski definition) is 4. The summed E-state index contributed by atoms with van der Waals surface area (Å²) in [6, 6.07) is 0. The summed E-state index contributed by atoms with van der Waals surface area (Å²) in [4.78, 5) is 15.3. The fourth-order valence-corrected chi connectivity index (χ4v) is 0.746. The molecule has 0 unspecified atom stereocenters. The van der Waals surface area contributed by atoms with Crippen LogP contribution in [0.3, 0.4) is 0 Å². The smallest absolute Gasteiger partial charge is 0.135 e. The molecule has 0 aromatic rings. The van der Waals surface area contributed by atoms with E-state index >= 15 is 0 Å². The zero-order chi connectivity index (χ0) is 9.40. The van der Waals surface area contributed by atoms with Gasteiger partial charge in [-0.05, 0) is 13.8 Å². The van der Waals surface area contributed by atoms with Gasteiger partial charge in [-0.25, -0.2) is 0 Å². The van der Waals surface area contributed by atoms with Crippen LogP contribution in [0.2, 0.25) is 0 Å². The maximum atomic E-state index is 10.7. The number of ether oxygens (including phenoxy) is 1. The Balaban J connectivity index is 3.87. The first kappa shape index (κ1) is 11.1. The van der Waals surface area contributed by atoms with Gasteiger partial charge < -0.3 is 9.57 Å². The number of rotatable bonds is 6. The highest BCUT2D eigenvalue weighted by Gasteiger charge is 2.03. The van der Waals surface area contributed by atoms with Gasteiger partial charge in [-0.15, -0.1) is 0 Å². The molecule has 0 bridgehead atoms. The summed E-state index contributed by atoms with van der Waals surface area (Å²) in [7, 11) is 1.45. The van der Waals surface area contributed by atoms with Crippen molar-refractivity contribution in [3.05, 3.63) is 0 Å². The van der Waals surface area contributed by atoms with Crippen LogP contribution in [0.4, 0.5) is 0 Å². The Morgan fingerprint density at radius 2 is 2.17 bits per heavy atom. The zero-order valence-corrected chi connectivity index (χ0v) is 7.79. The number of nitrogens with zero attached hydrogens (tertiary/aromatic N) is 1. The summed E-state index contributed by atoms with van der Waals surface area (Å²) < 4.78 is 5.09. The van der Waals surface area contributed by atoms with Crippen LogP contribution < -0.4 is 0 Å². The second-order valence-corrected chi connectivity index (χ2v) is 2.36. The summed E-state index contributed by atoms with van der Waals surface area (Å²) >= 11 is 0. The van der Waals surface area contributed by atoms with Crippen LogP contribution in [0.25, 0.3) is 0 Å². The monoisotopic (exact) mass is 173 g/mol. The fraction of sp³-hybridized carbons (Fsp3) is 0.750. The van der Waals surface area contributed by atoms with Gasteiger partial charge in [-0.2, -0.15) is 0 Å². The lowest BCUT2D eigenvalue weighted by Crippen LogP contribution is -2.12. The van der Waals surface area contributed by atoms with Crippen molar-refractivity contribution in [1.82, 2.24) is 0 Å². The molecule has 70 valence electrons. The molecule has 12 heavy (non-hydrogen) atoms. The number of carbonyl (C=O) groups excluding carboxylic acids is 1. The van der Waals surface area contributed by atoms with Crippen molar-refractivity contribution in [2.45, 2.75) is 20.3 Å². The molecule has 0 spiro atoms. The lowest BCUT2D eigenvalue weighted by atomic mass is 10.2. The van der Waals surface area contributed by atoms with Gasteiger partial charge in [0.2, 0.25) is 0 Å². The lowest BCUT2D eigenvalue weighted by molar-refractivity contribution is -0.115. The lowest BCUT2D eigenvalue weighted by Gasteiger charge is -2.02. The molecule has 0 aliphatic carbocycles. The van der Waals surface area contributed by atoms with E-state index in [0.29, 0.717) is 25.3 Å². The number of Topliss-reactive ketones (excluding diaryl/α,β-unsaturated/α-hetero) is 1. The minimum atomic E-state index is 0.0607. The van der Waals surface area contributed by atoms with Crippen molar-refractivity contribution >= 4 is 11.5 Å². The first-order valence-electron chi connectivity index (χ1n) is 3.86. The number of ketones is 1. The molecule has 0 atom stereocenters. The predicted molar refractivity (Wildman–Crippen MR) is 46.2 cm³/mol. The highest BCUT2D eigenvalue weighted by molar-refractivity contribution is 6.01. The minimum Gasteiger partial charge on any atom is -0.399 e. The van der Waals surface area contributed by atoms with Gasteiger partial charge in [0, 0.05) is 6.61 Å². The zero-order valence-electron chi connectivity index (χ0n) is 7.79. The molecule has 4 heteroatoms. The number of hydrogen-bond donors (Lipinski definition) is 0. The van der Waals surface area contributed by atoms with Crippen LogP contribution in [-0.2, 0) is 14.4 Å². The van der Waals surface area contributed by atoms with E-state index in [1.54, 1.807) is 0 Å². The van der Waals surface area contributed by atoms with Crippen LogP contribution in [0.1, 0.15) is 20.3 Å². The van der Waals surface area contributed by atoms with E-state index in [1.807, 2.05) is 6.92 Å². The third kappa shape index (κ3) is 5.85. The summed E-state index contributed by atoms with van der Waals surface area (Å²) in [5.74, 6) is 0.0607. The first-order chi connectivity index (χ1) is 5.70. The summed E-state index contributed by atoms with van der Waals surface area (Å²) in [5, 5.41) is 3.67. The maximum absolute atomic E-state index is 10.7. The van der Waals surface area contributed by atoms with Gasteiger partial charge in [0.25, 0.3) is 0 Å². The molecule has 0 saturated carbocycles. The van der Waals surface area contributed by atoms with Crippen molar-refractivity contribution < 1.29 is 14.4 Å². The van der Waals surface area contributed by atoms with Crippen LogP contribution in [-0.4, -0.2) is 31.8 Å². The SMILES string of the molecule is CCOCC(CC(C)=O)=NOC. The van der Waals surface area contributed by atoms with Crippen molar-refractivity contribution in [3.8, 4) is 0 Å². The Labute approximate surface area is 72.5 Å². The Morgan fingerprint density at radius 1 is 1.50 bits per heavy atom. The molecular weight excluding hydrogens is 158 g/mol. The topological polar surface area (TPSA) is 47.9 Å². The molecule has 0 saturated heterocycles. The quantitative estimate of drug-likeness (QED) is 0.445. The summed E-state index contributed by atoms with van der Waals surface area (Å²) in [6.45, 7) is 4.37. The molecule has 0 radical (unpaired) electrons. The van der Waals surface area contributed by atoms with Gasteiger partial charge in [-0.1, -0.05) is 5.16 Å². The largest absolute Gasteiger partial charge is 0.399 e. The second kappa shape index (κ2) is 6.79. The van der Waals surface area contributed by atoms with Crippen LogP contribution in [0.15, 0.2) is 5.16 Å². The highest BCUT2D eigenvalue weighted by Crippen LogP contribution is 1.91. The molecular formula is C8H15NO3. The van der Waals surface area contributed by atoms with E-state index in [1.165, 1.54) is 14.0 Å². The molecule has 0 rings (SSSR count). The molecule has 0 fully saturated rings. The highest BCUT2D eigenvalue weighted by atomic mass is 16.6. The Hall–Kier alpha value is -0.900. The van der Waals surface area contributed by atoms with Crippen molar-refractivity contribution in [3.63, 3.8) is 0 Å². The van der Waals surface area contributed by atoms with E-state index in [4.69, 9.17) is 4.74 Å². The predicted octanol–water partition coefficient (Wildman–Crippen LogP) is 1.00. The standard InChI is InChI=1S/C8H15NO3/c1-4-12-6-8(9-11-3)5-7(2)10/h4-6H2,1-3H3. The van der Waals surface area contributed by atoms with Gasteiger partial charge in [0.15, 0.2) is 0 Å². The second-order valence-electron chi connectivity index (χ2n) is 2.36. The van der Waals surface area contributed by atoms with Crippen LogP contribution in [0.5, 0.6) is 0 Å². The Kier molecular flexibility index (Phi) is 6.28. The van der Waals surface area contributed by atoms with E-state index < -0.39 is 0 Å². The molecule has 0 N–H and O–H groups in total. The molecule has 0 aliphatic heterocycles. The van der Waals surface area contributed by atoms with Crippen molar-refractivity contribution in [2.24, 2.45) is 5.16 Å². The number of carbonyl (C=O) groups is 1. The van der Waals surface area contributed by atoms with Crippen molar-refractivity contribution in [2.75, 3.05) is 20.3 Å². The van der Waals surface area contributed by atoms with E-state index in [-0.39, 0.29) is 5.78 Å².